The molecule has 100 valence electrons. The molecule has 0 aliphatic heterocycles. The van der Waals surface area contributed by atoms with Crippen LogP contribution in [0, 0.1) is 24.2 Å². The molecular formula is C15H17NO3. The lowest BCUT2D eigenvalue weighted by molar-refractivity contribution is -0.137. The molecule has 1 fully saturated rings. The second kappa shape index (κ2) is 5.31. The lowest BCUT2D eigenvalue weighted by atomic mass is 9.88. The molecule has 19 heavy (non-hydrogen) atoms. The summed E-state index contributed by atoms with van der Waals surface area (Å²) in [6.07, 6.45) is 2.27. The fourth-order valence-electron chi connectivity index (χ4n) is 2.61. The van der Waals surface area contributed by atoms with Gasteiger partial charge in [-0.2, -0.15) is 5.26 Å². The fraction of sp³-hybridized carbons (Fsp3) is 0.467. The minimum atomic E-state index is -0.788. The molecule has 1 saturated carbocycles. The number of nitriles is 1. The van der Waals surface area contributed by atoms with Crippen molar-refractivity contribution in [2.75, 3.05) is 7.11 Å². The summed E-state index contributed by atoms with van der Waals surface area (Å²) in [5, 5.41) is 18.2. The molecule has 4 heteroatoms. The summed E-state index contributed by atoms with van der Waals surface area (Å²) in [7, 11) is 1.54. The highest BCUT2D eigenvalue weighted by Crippen LogP contribution is 2.45. The molecular weight excluding hydrogens is 242 g/mol. The summed E-state index contributed by atoms with van der Waals surface area (Å²) in [6.45, 7) is 1.88. The van der Waals surface area contributed by atoms with Gasteiger partial charge in [-0.3, -0.25) is 4.79 Å². The number of carboxylic acid groups (broad SMARTS) is 1. The highest BCUT2D eigenvalue weighted by Gasteiger charge is 2.34. The molecule has 0 aromatic heterocycles. The molecule has 1 aromatic carbocycles. The van der Waals surface area contributed by atoms with Crippen LogP contribution in [0.1, 0.15) is 41.9 Å². The van der Waals surface area contributed by atoms with Crippen LogP contribution in [-0.2, 0) is 4.79 Å². The third-order valence-electron chi connectivity index (χ3n) is 3.64. The zero-order chi connectivity index (χ0) is 14.0. The predicted octanol–water partition coefficient (Wildman–Crippen LogP) is 2.84. The van der Waals surface area contributed by atoms with E-state index >= 15 is 0 Å². The smallest absolute Gasteiger partial charge is 0.303 e. The maximum absolute atomic E-state index is 11.0. The summed E-state index contributed by atoms with van der Waals surface area (Å²) in [5.74, 6) is 0.240. The van der Waals surface area contributed by atoms with Gasteiger partial charge in [0.25, 0.3) is 0 Å². The Bertz CT molecular complexity index is 541. The molecule has 1 unspecified atom stereocenters. The van der Waals surface area contributed by atoms with Crippen LogP contribution in [0.25, 0.3) is 0 Å². The number of carbonyl (C=O) groups is 1. The van der Waals surface area contributed by atoms with Crippen LogP contribution in [0.5, 0.6) is 5.75 Å². The molecule has 0 spiro atoms. The van der Waals surface area contributed by atoms with Gasteiger partial charge in [-0.05, 0) is 48.8 Å². The number of benzene rings is 1. The Balaban J connectivity index is 2.40. The summed E-state index contributed by atoms with van der Waals surface area (Å²) in [4.78, 5) is 11.0. The van der Waals surface area contributed by atoms with E-state index in [9.17, 15) is 10.1 Å². The zero-order valence-corrected chi connectivity index (χ0v) is 11.1. The lowest BCUT2D eigenvalue weighted by Crippen LogP contribution is -2.09. The maximum Gasteiger partial charge on any atom is 0.303 e. The Morgan fingerprint density at radius 2 is 2.26 bits per heavy atom. The van der Waals surface area contributed by atoms with E-state index in [0.717, 1.165) is 24.0 Å². The SMILES string of the molecule is COc1c(C)cc(C(CC(=O)O)C2CC2)cc1C#N. The average molecular weight is 259 g/mol. The third kappa shape index (κ3) is 2.87. The number of hydrogen-bond acceptors (Lipinski definition) is 3. The van der Waals surface area contributed by atoms with Gasteiger partial charge >= 0.3 is 5.97 Å². The van der Waals surface area contributed by atoms with Crippen LogP contribution >= 0.6 is 0 Å². The molecule has 4 nitrogen and oxygen atoms in total. The van der Waals surface area contributed by atoms with E-state index in [1.165, 1.54) is 0 Å². The van der Waals surface area contributed by atoms with Crippen molar-refractivity contribution in [1.82, 2.24) is 0 Å². The van der Waals surface area contributed by atoms with Crippen molar-refractivity contribution < 1.29 is 14.6 Å². The van der Waals surface area contributed by atoms with Crippen molar-refractivity contribution in [1.29, 1.82) is 5.26 Å². The van der Waals surface area contributed by atoms with Gasteiger partial charge in [-0.15, -0.1) is 0 Å². The number of hydrogen-bond donors (Lipinski definition) is 1. The number of rotatable bonds is 5. The molecule has 1 aliphatic rings. The lowest BCUT2D eigenvalue weighted by Gasteiger charge is -2.17. The summed E-state index contributed by atoms with van der Waals surface area (Å²) >= 11 is 0. The number of aliphatic carboxylic acids is 1. The Morgan fingerprint density at radius 3 is 2.74 bits per heavy atom. The first kappa shape index (κ1) is 13.4. The first-order valence-corrected chi connectivity index (χ1v) is 6.37. The van der Waals surface area contributed by atoms with Crippen molar-refractivity contribution in [3.8, 4) is 11.8 Å². The molecule has 1 atom stereocenters. The minimum absolute atomic E-state index is 0.00852. The van der Waals surface area contributed by atoms with Crippen LogP contribution < -0.4 is 4.74 Å². The van der Waals surface area contributed by atoms with Crippen LogP contribution in [0.3, 0.4) is 0 Å². The van der Waals surface area contributed by atoms with Gasteiger partial charge in [0.1, 0.15) is 11.8 Å². The van der Waals surface area contributed by atoms with Crippen LogP contribution in [0.2, 0.25) is 0 Å². The van der Waals surface area contributed by atoms with Crippen molar-refractivity contribution >= 4 is 5.97 Å². The normalized spacial score (nSPS) is 15.6. The highest BCUT2D eigenvalue weighted by molar-refractivity contribution is 5.68. The number of carboxylic acids is 1. The summed E-state index contributed by atoms with van der Waals surface area (Å²) < 4.78 is 5.22. The van der Waals surface area contributed by atoms with E-state index in [1.807, 2.05) is 13.0 Å². The number of aryl methyl sites for hydroxylation is 1. The second-order valence-corrected chi connectivity index (χ2v) is 5.07. The molecule has 0 radical (unpaired) electrons. The van der Waals surface area contributed by atoms with Crippen LogP contribution in [-0.4, -0.2) is 18.2 Å². The Labute approximate surface area is 112 Å². The van der Waals surface area contributed by atoms with Gasteiger partial charge in [0.05, 0.1) is 19.1 Å². The monoisotopic (exact) mass is 259 g/mol. The van der Waals surface area contributed by atoms with E-state index in [4.69, 9.17) is 9.84 Å². The van der Waals surface area contributed by atoms with E-state index in [1.54, 1.807) is 13.2 Å². The number of nitrogens with zero attached hydrogens (tertiary/aromatic N) is 1. The molecule has 2 rings (SSSR count). The van der Waals surface area contributed by atoms with E-state index < -0.39 is 5.97 Å². The van der Waals surface area contributed by atoms with Gasteiger partial charge in [0, 0.05) is 0 Å². The molecule has 1 N–H and O–H groups in total. The largest absolute Gasteiger partial charge is 0.495 e. The molecule has 0 saturated heterocycles. The van der Waals surface area contributed by atoms with E-state index in [2.05, 4.69) is 6.07 Å². The maximum atomic E-state index is 11.0. The van der Waals surface area contributed by atoms with Gasteiger partial charge in [-0.1, -0.05) is 6.07 Å². The molecule has 1 aliphatic carbocycles. The van der Waals surface area contributed by atoms with Crippen LogP contribution in [0.4, 0.5) is 0 Å². The van der Waals surface area contributed by atoms with Gasteiger partial charge in [-0.25, -0.2) is 0 Å². The van der Waals surface area contributed by atoms with Crippen molar-refractivity contribution in [2.45, 2.75) is 32.1 Å². The average Bonchev–Trinajstić information content (AvgIpc) is 3.18. The number of ether oxygens (including phenoxy) is 1. The highest BCUT2D eigenvalue weighted by atomic mass is 16.5. The Hall–Kier alpha value is -2.02. The van der Waals surface area contributed by atoms with Gasteiger partial charge in [0.15, 0.2) is 0 Å². The van der Waals surface area contributed by atoms with E-state index in [-0.39, 0.29) is 12.3 Å². The third-order valence-corrected chi connectivity index (χ3v) is 3.64. The Morgan fingerprint density at radius 1 is 1.58 bits per heavy atom. The topological polar surface area (TPSA) is 70.3 Å². The first-order chi connectivity index (χ1) is 9.06. The molecule has 0 bridgehead atoms. The van der Waals surface area contributed by atoms with Crippen molar-refractivity contribution in [3.63, 3.8) is 0 Å². The quantitative estimate of drug-likeness (QED) is 0.882. The molecule has 1 aromatic rings. The second-order valence-electron chi connectivity index (χ2n) is 5.07. The summed E-state index contributed by atoms with van der Waals surface area (Å²) in [6, 6.07) is 5.85. The fourth-order valence-corrected chi connectivity index (χ4v) is 2.61. The van der Waals surface area contributed by atoms with Gasteiger partial charge < -0.3 is 9.84 Å². The predicted molar refractivity (Wildman–Crippen MR) is 70.2 cm³/mol. The molecule has 0 heterocycles. The van der Waals surface area contributed by atoms with Crippen LogP contribution in [0.15, 0.2) is 12.1 Å². The summed E-state index contributed by atoms with van der Waals surface area (Å²) in [5.41, 5.74) is 2.31. The number of methoxy groups -OCH3 is 1. The van der Waals surface area contributed by atoms with Gasteiger partial charge in [0.2, 0.25) is 0 Å². The van der Waals surface area contributed by atoms with Crippen molar-refractivity contribution in [3.05, 3.63) is 28.8 Å². The zero-order valence-electron chi connectivity index (χ0n) is 11.1. The molecule has 0 amide bonds. The Kier molecular flexibility index (Phi) is 3.75. The van der Waals surface area contributed by atoms with E-state index in [0.29, 0.717) is 17.2 Å². The minimum Gasteiger partial charge on any atom is -0.495 e. The standard InChI is InChI=1S/C15H17NO3/c1-9-5-11(6-12(8-16)15(9)19-2)13(7-14(17)18)10-3-4-10/h5-6,10,13H,3-4,7H2,1-2H3,(H,17,18). The first-order valence-electron chi connectivity index (χ1n) is 6.37. The van der Waals surface area contributed by atoms with Crippen molar-refractivity contribution in [2.24, 2.45) is 5.92 Å².